The van der Waals surface area contributed by atoms with Gasteiger partial charge in [0.2, 0.25) is 5.91 Å². The summed E-state index contributed by atoms with van der Waals surface area (Å²) in [7, 11) is 0. The predicted molar refractivity (Wildman–Crippen MR) is 80.6 cm³/mol. The lowest BCUT2D eigenvalue weighted by molar-refractivity contribution is -0.123. The van der Waals surface area contributed by atoms with Crippen LogP contribution in [0, 0.1) is 22.6 Å². The molecule has 1 rings (SSSR count). The Balaban J connectivity index is 2.99. The number of nitriles is 1. The molecule has 1 amide bonds. The molecule has 1 aromatic rings. The summed E-state index contributed by atoms with van der Waals surface area (Å²) in [5, 5.41) is 12.1. The summed E-state index contributed by atoms with van der Waals surface area (Å²) in [6.45, 7) is 3.89. The lowest BCUT2D eigenvalue weighted by Gasteiger charge is -2.24. The predicted octanol–water partition coefficient (Wildman–Crippen LogP) is 4.64. The molecule has 0 atom stereocenters. The fourth-order valence-corrected chi connectivity index (χ4v) is 2.65. The highest BCUT2D eigenvalue weighted by molar-refractivity contribution is 9.10. The van der Waals surface area contributed by atoms with Crippen molar-refractivity contribution in [3.8, 4) is 6.07 Å². The van der Waals surface area contributed by atoms with Gasteiger partial charge in [0.25, 0.3) is 0 Å². The summed E-state index contributed by atoms with van der Waals surface area (Å²) >= 11 is 3.20. The third kappa shape index (κ3) is 3.80. The van der Waals surface area contributed by atoms with Gasteiger partial charge in [-0.05, 0) is 47.0 Å². The van der Waals surface area contributed by atoms with Gasteiger partial charge in [0.1, 0.15) is 11.2 Å². The Morgan fingerprint density at radius 1 is 1.40 bits per heavy atom. The maximum atomic E-state index is 13.0. The number of nitrogens with zero attached hydrogens (tertiary/aromatic N) is 1. The van der Waals surface area contributed by atoms with E-state index in [0.29, 0.717) is 23.0 Å². The van der Waals surface area contributed by atoms with Gasteiger partial charge >= 0.3 is 0 Å². The third-order valence-corrected chi connectivity index (χ3v) is 3.84. The van der Waals surface area contributed by atoms with Crippen LogP contribution in [0.1, 0.15) is 39.5 Å². The first-order chi connectivity index (χ1) is 9.49. The van der Waals surface area contributed by atoms with Crippen LogP contribution in [0.4, 0.5) is 10.1 Å². The third-order valence-electron chi connectivity index (χ3n) is 3.18. The molecule has 1 aromatic carbocycles. The maximum Gasteiger partial charge on any atom is 0.244 e. The molecule has 0 unspecified atom stereocenters. The van der Waals surface area contributed by atoms with Crippen LogP contribution in [0.25, 0.3) is 0 Å². The molecule has 0 saturated carbocycles. The first-order valence-electron chi connectivity index (χ1n) is 6.67. The van der Waals surface area contributed by atoms with E-state index in [2.05, 4.69) is 27.3 Å². The number of hydrogen-bond donors (Lipinski definition) is 1. The van der Waals surface area contributed by atoms with Crippen LogP contribution in [0.5, 0.6) is 0 Å². The number of amides is 1. The SMILES string of the molecule is CCCC(C#N)(CCC)C(=O)Nc1ccc(F)cc1Br. The van der Waals surface area contributed by atoms with Gasteiger partial charge in [-0.3, -0.25) is 4.79 Å². The van der Waals surface area contributed by atoms with Gasteiger partial charge in [-0.2, -0.15) is 5.26 Å². The van der Waals surface area contributed by atoms with E-state index in [-0.39, 0.29) is 11.7 Å². The molecule has 0 aliphatic heterocycles. The van der Waals surface area contributed by atoms with E-state index >= 15 is 0 Å². The zero-order valence-electron chi connectivity index (χ0n) is 11.7. The van der Waals surface area contributed by atoms with Crippen molar-refractivity contribution >= 4 is 27.5 Å². The van der Waals surface area contributed by atoms with Crippen LogP contribution in [-0.4, -0.2) is 5.91 Å². The maximum absolute atomic E-state index is 13.0. The number of benzene rings is 1. The molecule has 0 aromatic heterocycles. The number of halogens is 2. The highest BCUT2D eigenvalue weighted by Gasteiger charge is 2.37. The molecule has 0 bridgehead atoms. The molecular weight excluding hydrogens is 323 g/mol. The van der Waals surface area contributed by atoms with Gasteiger partial charge in [0.05, 0.1) is 11.8 Å². The number of nitrogens with one attached hydrogen (secondary N) is 1. The second-order valence-corrected chi connectivity index (χ2v) is 5.63. The van der Waals surface area contributed by atoms with Crippen molar-refractivity contribution in [1.29, 1.82) is 5.26 Å². The number of rotatable bonds is 6. The second-order valence-electron chi connectivity index (χ2n) is 4.77. The van der Waals surface area contributed by atoms with Gasteiger partial charge < -0.3 is 5.32 Å². The largest absolute Gasteiger partial charge is 0.324 e. The minimum absolute atomic E-state index is 0.323. The lowest BCUT2D eigenvalue weighted by atomic mass is 9.79. The summed E-state index contributed by atoms with van der Waals surface area (Å²) in [6, 6.07) is 6.20. The van der Waals surface area contributed by atoms with E-state index in [0.717, 1.165) is 12.8 Å². The Morgan fingerprint density at radius 2 is 2.00 bits per heavy atom. The average molecular weight is 341 g/mol. The Kier molecular flexibility index (Phi) is 6.15. The molecule has 0 aliphatic rings. The molecule has 0 heterocycles. The molecule has 108 valence electrons. The molecule has 0 radical (unpaired) electrons. The quantitative estimate of drug-likeness (QED) is 0.820. The Labute approximate surface area is 127 Å². The van der Waals surface area contributed by atoms with Gasteiger partial charge in [0, 0.05) is 4.47 Å². The minimum atomic E-state index is -1.02. The van der Waals surface area contributed by atoms with Crippen molar-refractivity contribution in [3.63, 3.8) is 0 Å². The number of carbonyl (C=O) groups excluding carboxylic acids is 1. The smallest absolute Gasteiger partial charge is 0.244 e. The molecule has 0 fully saturated rings. The molecule has 0 spiro atoms. The van der Waals surface area contributed by atoms with Gasteiger partial charge in [-0.25, -0.2) is 4.39 Å². The van der Waals surface area contributed by atoms with Crippen molar-refractivity contribution < 1.29 is 9.18 Å². The first-order valence-corrected chi connectivity index (χ1v) is 7.46. The van der Waals surface area contributed by atoms with E-state index < -0.39 is 5.41 Å². The standard InChI is InChI=1S/C15H18BrFN2O/c1-3-7-15(10-18,8-4-2)14(20)19-13-6-5-11(17)9-12(13)16/h5-6,9H,3-4,7-8H2,1-2H3,(H,19,20). The number of anilines is 1. The zero-order valence-corrected chi connectivity index (χ0v) is 13.3. The van der Waals surface area contributed by atoms with Crippen LogP contribution in [0.3, 0.4) is 0 Å². The average Bonchev–Trinajstić information content (AvgIpc) is 2.41. The fraction of sp³-hybridized carbons (Fsp3) is 0.467. The topological polar surface area (TPSA) is 52.9 Å². The van der Waals surface area contributed by atoms with Crippen molar-refractivity contribution in [3.05, 3.63) is 28.5 Å². The van der Waals surface area contributed by atoms with E-state index in [1.807, 2.05) is 13.8 Å². The van der Waals surface area contributed by atoms with Crippen LogP contribution in [-0.2, 0) is 4.79 Å². The Bertz CT molecular complexity index is 519. The Morgan fingerprint density at radius 3 is 2.45 bits per heavy atom. The normalized spacial score (nSPS) is 10.9. The summed E-state index contributed by atoms with van der Waals surface area (Å²) < 4.78 is 13.5. The minimum Gasteiger partial charge on any atom is -0.324 e. The molecular formula is C15H18BrFN2O. The number of hydrogen-bond acceptors (Lipinski definition) is 2. The van der Waals surface area contributed by atoms with Crippen molar-refractivity contribution in [2.75, 3.05) is 5.32 Å². The van der Waals surface area contributed by atoms with Crippen molar-refractivity contribution in [2.24, 2.45) is 5.41 Å². The lowest BCUT2D eigenvalue weighted by Crippen LogP contribution is -2.35. The first kappa shape index (κ1) is 16.6. The zero-order chi connectivity index (χ0) is 15.2. The highest BCUT2D eigenvalue weighted by atomic mass is 79.9. The van der Waals surface area contributed by atoms with Gasteiger partial charge in [-0.15, -0.1) is 0 Å². The monoisotopic (exact) mass is 340 g/mol. The second kappa shape index (κ2) is 7.39. The van der Waals surface area contributed by atoms with E-state index in [4.69, 9.17) is 0 Å². The number of carbonyl (C=O) groups is 1. The van der Waals surface area contributed by atoms with Crippen molar-refractivity contribution in [2.45, 2.75) is 39.5 Å². The van der Waals surface area contributed by atoms with E-state index in [1.54, 1.807) is 0 Å². The summed E-state index contributed by atoms with van der Waals surface area (Å²) in [5.74, 6) is -0.709. The van der Waals surface area contributed by atoms with Crippen LogP contribution in [0.15, 0.2) is 22.7 Å². The van der Waals surface area contributed by atoms with Crippen LogP contribution < -0.4 is 5.32 Å². The molecule has 5 heteroatoms. The summed E-state index contributed by atoms with van der Waals surface area (Å²) in [4.78, 5) is 12.4. The van der Waals surface area contributed by atoms with E-state index in [9.17, 15) is 14.4 Å². The molecule has 0 saturated heterocycles. The summed E-state index contributed by atoms with van der Waals surface area (Å²) in [6.07, 6.45) is 2.54. The van der Waals surface area contributed by atoms with Crippen LogP contribution >= 0.6 is 15.9 Å². The highest BCUT2D eigenvalue weighted by Crippen LogP contribution is 2.32. The van der Waals surface area contributed by atoms with Gasteiger partial charge in [-0.1, -0.05) is 26.7 Å². The fourth-order valence-electron chi connectivity index (χ4n) is 2.20. The molecule has 3 nitrogen and oxygen atoms in total. The van der Waals surface area contributed by atoms with Crippen LogP contribution in [0.2, 0.25) is 0 Å². The molecule has 20 heavy (non-hydrogen) atoms. The molecule has 0 aliphatic carbocycles. The molecule has 1 N–H and O–H groups in total. The van der Waals surface area contributed by atoms with Gasteiger partial charge in [0.15, 0.2) is 0 Å². The summed E-state index contributed by atoms with van der Waals surface area (Å²) in [5.41, 5.74) is -0.541. The van der Waals surface area contributed by atoms with Crippen molar-refractivity contribution in [1.82, 2.24) is 0 Å². The Hall–Kier alpha value is -1.41. The van der Waals surface area contributed by atoms with E-state index in [1.165, 1.54) is 18.2 Å².